The van der Waals surface area contributed by atoms with Crippen molar-refractivity contribution in [3.8, 4) is 73.6 Å². The molecule has 0 unspecified atom stereocenters. The van der Waals surface area contributed by atoms with E-state index in [1.165, 1.54) is 21.8 Å². The summed E-state index contributed by atoms with van der Waals surface area (Å²) in [5.41, 5.74) is 10.6. The van der Waals surface area contributed by atoms with Crippen LogP contribution in [0, 0.1) is 0 Å². The standard InChI is InChI=1S/C49H30N4O/c1-3-13-31(14-4-1)33-17-11-18-34(29-33)48-50-47(32-15-5-2-6-16-32)51-49(52-48)35-25-26-38-39-21-12-22-40-43(27-28-44(46(39)40)54-45(38)30-35)53-41-23-9-7-19-36(41)37-20-8-10-24-42(37)53/h1-30H. The summed E-state index contributed by atoms with van der Waals surface area (Å²) in [6.07, 6.45) is 0. The lowest BCUT2D eigenvalue weighted by Crippen LogP contribution is -2.03. The van der Waals surface area contributed by atoms with Gasteiger partial charge >= 0.3 is 0 Å². The largest absolute Gasteiger partial charge is 0.456 e. The van der Waals surface area contributed by atoms with Crippen molar-refractivity contribution in [2.75, 3.05) is 0 Å². The quantitative estimate of drug-likeness (QED) is 0.180. The Labute approximate surface area is 311 Å². The second-order valence-corrected chi connectivity index (χ2v) is 13.6. The molecule has 1 aliphatic heterocycles. The molecule has 8 aromatic carbocycles. The highest BCUT2D eigenvalue weighted by Crippen LogP contribution is 2.49. The molecule has 54 heavy (non-hydrogen) atoms. The first-order valence-corrected chi connectivity index (χ1v) is 18.1. The number of hydrogen-bond donors (Lipinski definition) is 0. The molecular formula is C49H30N4O. The number of rotatable bonds is 5. The van der Waals surface area contributed by atoms with Gasteiger partial charge in [-0.15, -0.1) is 0 Å². The molecule has 11 rings (SSSR count). The van der Waals surface area contributed by atoms with Crippen molar-refractivity contribution in [2.24, 2.45) is 0 Å². The predicted octanol–water partition coefficient (Wildman–Crippen LogP) is 12.6. The van der Waals surface area contributed by atoms with E-state index in [4.69, 9.17) is 19.7 Å². The number of fused-ring (bicyclic) bond motifs is 5. The Kier molecular flexibility index (Phi) is 6.79. The van der Waals surface area contributed by atoms with E-state index in [9.17, 15) is 0 Å². The first-order valence-electron chi connectivity index (χ1n) is 18.1. The molecule has 0 amide bonds. The van der Waals surface area contributed by atoms with Crippen molar-refractivity contribution in [2.45, 2.75) is 0 Å². The summed E-state index contributed by atoms with van der Waals surface area (Å²) in [5.74, 6) is 3.41. The van der Waals surface area contributed by atoms with Crippen LogP contribution >= 0.6 is 0 Å². The fourth-order valence-corrected chi connectivity index (χ4v) is 7.95. The SMILES string of the molecule is c1ccc(-c2cccc(-c3nc(-c4ccccc4)nc(-c4ccc5c(c4)Oc4ccc(-n6c7ccccc7c7ccccc76)c6cccc-5c46)n3)c2)cc1. The van der Waals surface area contributed by atoms with Gasteiger partial charge in [0.05, 0.1) is 16.7 Å². The van der Waals surface area contributed by atoms with Gasteiger partial charge in [-0.1, -0.05) is 140 Å². The fourth-order valence-electron chi connectivity index (χ4n) is 7.95. The van der Waals surface area contributed by atoms with Crippen LogP contribution in [0.15, 0.2) is 182 Å². The van der Waals surface area contributed by atoms with Gasteiger partial charge in [-0.3, -0.25) is 0 Å². The van der Waals surface area contributed by atoms with E-state index in [0.717, 1.165) is 66.9 Å². The summed E-state index contributed by atoms with van der Waals surface area (Å²) in [7, 11) is 0. The number of hydrogen-bond acceptors (Lipinski definition) is 4. The van der Waals surface area contributed by atoms with Crippen molar-refractivity contribution in [1.82, 2.24) is 19.5 Å². The number of para-hydroxylation sites is 2. The van der Waals surface area contributed by atoms with Crippen LogP contribution in [0.5, 0.6) is 11.5 Å². The number of ether oxygens (including phenoxy) is 1. The molecule has 0 N–H and O–H groups in total. The third kappa shape index (κ3) is 4.83. The zero-order valence-electron chi connectivity index (χ0n) is 29.0. The van der Waals surface area contributed by atoms with E-state index in [-0.39, 0.29) is 0 Å². The lowest BCUT2D eigenvalue weighted by Gasteiger charge is -2.23. The highest BCUT2D eigenvalue weighted by molar-refractivity contribution is 6.13. The highest BCUT2D eigenvalue weighted by Gasteiger charge is 2.24. The monoisotopic (exact) mass is 690 g/mol. The average Bonchev–Trinajstić information content (AvgIpc) is 3.58. The van der Waals surface area contributed by atoms with Gasteiger partial charge in [0.1, 0.15) is 11.5 Å². The maximum atomic E-state index is 6.77. The summed E-state index contributed by atoms with van der Waals surface area (Å²) >= 11 is 0. The van der Waals surface area contributed by atoms with Crippen LogP contribution in [0.3, 0.4) is 0 Å². The molecule has 5 nitrogen and oxygen atoms in total. The van der Waals surface area contributed by atoms with Crippen molar-refractivity contribution in [1.29, 1.82) is 0 Å². The van der Waals surface area contributed by atoms with Crippen LogP contribution in [-0.2, 0) is 0 Å². The summed E-state index contributed by atoms with van der Waals surface area (Å²) in [5, 5.41) is 4.72. The van der Waals surface area contributed by atoms with Crippen LogP contribution in [-0.4, -0.2) is 19.5 Å². The maximum absolute atomic E-state index is 6.77. The van der Waals surface area contributed by atoms with Crippen LogP contribution < -0.4 is 4.74 Å². The van der Waals surface area contributed by atoms with E-state index in [1.54, 1.807) is 0 Å². The number of aromatic nitrogens is 4. The van der Waals surface area contributed by atoms with Crippen molar-refractivity contribution in [3.63, 3.8) is 0 Å². The Morgan fingerprint density at radius 1 is 0.352 bits per heavy atom. The third-order valence-corrected chi connectivity index (χ3v) is 10.4. The highest BCUT2D eigenvalue weighted by atomic mass is 16.5. The molecule has 0 aliphatic carbocycles. The first kappa shape index (κ1) is 30.3. The van der Waals surface area contributed by atoms with Crippen molar-refractivity contribution in [3.05, 3.63) is 182 Å². The minimum absolute atomic E-state index is 0.584. The molecular weight excluding hydrogens is 661 g/mol. The molecule has 0 bridgehead atoms. The molecule has 1 aliphatic rings. The van der Waals surface area contributed by atoms with Crippen molar-refractivity contribution < 1.29 is 4.74 Å². The van der Waals surface area contributed by atoms with Gasteiger partial charge in [0.25, 0.3) is 0 Å². The Morgan fingerprint density at radius 2 is 0.907 bits per heavy atom. The topological polar surface area (TPSA) is 52.8 Å². The third-order valence-electron chi connectivity index (χ3n) is 10.4. The minimum atomic E-state index is 0.584. The summed E-state index contributed by atoms with van der Waals surface area (Å²) < 4.78 is 9.15. The van der Waals surface area contributed by atoms with E-state index in [0.29, 0.717) is 17.5 Å². The summed E-state index contributed by atoms with van der Waals surface area (Å²) in [4.78, 5) is 15.1. The van der Waals surface area contributed by atoms with Crippen LogP contribution in [0.1, 0.15) is 0 Å². The molecule has 5 heteroatoms. The second kappa shape index (κ2) is 12.1. The van der Waals surface area contributed by atoms with Gasteiger partial charge < -0.3 is 9.30 Å². The second-order valence-electron chi connectivity index (χ2n) is 13.6. The zero-order valence-corrected chi connectivity index (χ0v) is 29.0. The van der Waals surface area contributed by atoms with Crippen molar-refractivity contribution >= 4 is 32.6 Å². The van der Waals surface area contributed by atoms with E-state index >= 15 is 0 Å². The Morgan fingerprint density at radius 3 is 1.63 bits per heavy atom. The molecule has 0 atom stereocenters. The van der Waals surface area contributed by atoms with Crippen LogP contribution in [0.4, 0.5) is 0 Å². The van der Waals surface area contributed by atoms with Crippen LogP contribution in [0.25, 0.3) is 94.7 Å². The molecule has 252 valence electrons. The van der Waals surface area contributed by atoms with Gasteiger partial charge in [0.15, 0.2) is 17.5 Å². The molecule has 0 saturated carbocycles. The Bertz CT molecular complexity index is 3020. The van der Waals surface area contributed by atoms with Gasteiger partial charge in [-0.05, 0) is 59.2 Å². The molecule has 10 aromatic rings. The van der Waals surface area contributed by atoms with Gasteiger partial charge in [0.2, 0.25) is 0 Å². The smallest absolute Gasteiger partial charge is 0.164 e. The number of nitrogens with zero attached hydrogens (tertiary/aromatic N) is 4. The predicted molar refractivity (Wildman–Crippen MR) is 219 cm³/mol. The Balaban J connectivity index is 1.05. The summed E-state index contributed by atoms with van der Waals surface area (Å²) in [6.45, 7) is 0. The minimum Gasteiger partial charge on any atom is -0.456 e. The van der Waals surface area contributed by atoms with Crippen LogP contribution in [0.2, 0.25) is 0 Å². The fraction of sp³-hybridized carbons (Fsp3) is 0. The first-order chi connectivity index (χ1) is 26.8. The molecule has 0 radical (unpaired) electrons. The lowest BCUT2D eigenvalue weighted by atomic mass is 9.93. The van der Waals surface area contributed by atoms with E-state index < -0.39 is 0 Å². The molecule has 0 saturated heterocycles. The zero-order chi connectivity index (χ0) is 35.6. The summed E-state index contributed by atoms with van der Waals surface area (Å²) in [6, 6.07) is 63.2. The normalized spacial score (nSPS) is 11.9. The van der Waals surface area contributed by atoms with Gasteiger partial charge in [-0.25, -0.2) is 15.0 Å². The molecule has 2 aromatic heterocycles. The Hall–Kier alpha value is -7.37. The average molecular weight is 691 g/mol. The molecule has 0 spiro atoms. The van der Waals surface area contributed by atoms with E-state index in [2.05, 4.69) is 150 Å². The molecule has 0 fully saturated rings. The van der Waals surface area contributed by atoms with Gasteiger partial charge in [0, 0.05) is 43.8 Å². The lowest BCUT2D eigenvalue weighted by molar-refractivity contribution is 0.487. The maximum Gasteiger partial charge on any atom is 0.164 e. The molecule has 3 heterocycles. The van der Waals surface area contributed by atoms with Gasteiger partial charge in [-0.2, -0.15) is 0 Å². The number of benzene rings is 8. The van der Waals surface area contributed by atoms with E-state index in [1.807, 2.05) is 36.4 Å².